The third-order valence-electron chi connectivity index (χ3n) is 7.42. The lowest BCUT2D eigenvalue weighted by molar-refractivity contribution is 0.415. The van der Waals surface area contributed by atoms with Crippen LogP contribution in [-0.4, -0.2) is 7.11 Å². The van der Waals surface area contributed by atoms with E-state index in [1.165, 1.54) is 59.8 Å². The largest absolute Gasteiger partial charge is 0.497 e. The minimum absolute atomic E-state index is 0.875. The van der Waals surface area contributed by atoms with Crippen LogP contribution in [0.15, 0.2) is 140 Å². The molecule has 2 heteroatoms. The van der Waals surface area contributed by atoms with Gasteiger partial charge in [0.2, 0.25) is 0 Å². The van der Waals surface area contributed by atoms with E-state index >= 15 is 0 Å². The molecule has 0 amide bonds. The molecule has 0 N–H and O–H groups in total. The Morgan fingerprint density at radius 1 is 0.561 bits per heavy atom. The average molecular weight is 549 g/mol. The fraction of sp³-hybridized carbons (Fsp3) is 0.0769. The molecule has 200 valence electrons. The van der Waals surface area contributed by atoms with Crippen molar-refractivity contribution in [1.82, 2.24) is 0 Å². The van der Waals surface area contributed by atoms with Gasteiger partial charge in [0.05, 0.1) is 7.11 Å². The zero-order valence-electron chi connectivity index (χ0n) is 23.4. The summed E-state index contributed by atoms with van der Waals surface area (Å²) in [5.41, 5.74) is 11.3. The minimum atomic E-state index is 0.875. The quantitative estimate of drug-likeness (QED) is 0.172. The van der Waals surface area contributed by atoms with Crippen molar-refractivity contribution >= 4 is 23.0 Å². The highest BCUT2D eigenvalue weighted by molar-refractivity contribution is 7.20. The summed E-state index contributed by atoms with van der Waals surface area (Å²) in [5.74, 6) is 0.875. The van der Waals surface area contributed by atoms with Gasteiger partial charge in [-0.15, -0.1) is 11.3 Å². The van der Waals surface area contributed by atoms with E-state index in [-0.39, 0.29) is 0 Å². The molecule has 5 aromatic carbocycles. The van der Waals surface area contributed by atoms with Crippen molar-refractivity contribution < 1.29 is 4.74 Å². The second-order valence-electron chi connectivity index (χ2n) is 9.98. The summed E-state index contributed by atoms with van der Waals surface area (Å²) < 4.78 is 5.33. The molecule has 0 bridgehead atoms. The van der Waals surface area contributed by atoms with Crippen LogP contribution in [0.25, 0.3) is 54.8 Å². The summed E-state index contributed by atoms with van der Waals surface area (Å²) in [6.45, 7) is 2.22. The number of hydrogen-bond donors (Lipinski definition) is 0. The predicted octanol–water partition coefficient (Wildman–Crippen LogP) is 11.4. The smallest absolute Gasteiger partial charge is 0.118 e. The molecule has 0 aliphatic heterocycles. The SMILES string of the molecule is CC/C(=C\c1ccc(OC)cc1)c1ccc(-c2sc(-c3ccccc3)c(-c3ccccc3)c2-c2ccccc2)cc1. The van der Waals surface area contributed by atoms with Gasteiger partial charge < -0.3 is 4.74 Å². The molecule has 6 aromatic rings. The number of methoxy groups -OCH3 is 1. The van der Waals surface area contributed by atoms with Crippen molar-refractivity contribution in [2.24, 2.45) is 0 Å². The Morgan fingerprint density at radius 3 is 1.49 bits per heavy atom. The van der Waals surface area contributed by atoms with E-state index in [2.05, 4.69) is 140 Å². The van der Waals surface area contributed by atoms with Crippen LogP contribution >= 0.6 is 11.3 Å². The topological polar surface area (TPSA) is 9.23 Å². The summed E-state index contributed by atoms with van der Waals surface area (Å²) in [6.07, 6.45) is 3.23. The molecule has 0 spiro atoms. The maximum Gasteiger partial charge on any atom is 0.118 e. The Hall–Kier alpha value is -4.66. The van der Waals surface area contributed by atoms with Crippen LogP contribution in [0.3, 0.4) is 0 Å². The molecule has 0 saturated carbocycles. The molecule has 0 unspecified atom stereocenters. The number of thiophene rings is 1. The van der Waals surface area contributed by atoms with Crippen LogP contribution < -0.4 is 4.74 Å². The summed E-state index contributed by atoms with van der Waals surface area (Å²) in [4.78, 5) is 2.58. The first-order valence-electron chi connectivity index (χ1n) is 14.0. The second kappa shape index (κ2) is 12.2. The number of allylic oxidation sites excluding steroid dienone is 1. The third-order valence-corrected chi connectivity index (χ3v) is 8.71. The lowest BCUT2D eigenvalue weighted by Gasteiger charge is -2.11. The van der Waals surface area contributed by atoms with Crippen molar-refractivity contribution in [3.8, 4) is 48.9 Å². The summed E-state index contributed by atoms with van der Waals surface area (Å²) in [6, 6.07) is 49.8. The fourth-order valence-electron chi connectivity index (χ4n) is 5.31. The number of rotatable bonds is 8. The number of ether oxygens (including phenoxy) is 1. The summed E-state index contributed by atoms with van der Waals surface area (Å²) >= 11 is 1.88. The molecule has 1 nitrogen and oxygen atoms in total. The fourth-order valence-corrected chi connectivity index (χ4v) is 6.67. The monoisotopic (exact) mass is 548 g/mol. The molecule has 0 radical (unpaired) electrons. The first kappa shape index (κ1) is 26.6. The highest BCUT2D eigenvalue weighted by Crippen LogP contribution is 2.52. The number of hydrogen-bond acceptors (Lipinski definition) is 2. The molecular formula is C39H32OS. The van der Waals surface area contributed by atoms with Gasteiger partial charge in [0, 0.05) is 20.9 Å². The van der Waals surface area contributed by atoms with E-state index in [9.17, 15) is 0 Å². The lowest BCUT2D eigenvalue weighted by atomic mass is 9.91. The van der Waals surface area contributed by atoms with Crippen LogP contribution in [0.5, 0.6) is 5.75 Å². The Morgan fingerprint density at radius 2 is 1.02 bits per heavy atom. The predicted molar refractivity (Wildman–Crippen MR) is 177 cm³/mol. The molecular weight excluding hydrogens is 516 g/mol. The van der Waals surface area contributed by atoms with E-state index in [1.807, 2.05) is 23.5 Å². The van der Waals surface area contributed by atoms with Gasteiger partial charge in [-0.3, -0.25) is 0 Å². The highest BCUT2D eigenvalue weighted by atomic mass is 32.1. The van der Waals surface area contributed by atoms with Gasteiger partial charge in [0.15, 0.2) is 0 Å². The highest BCUT2D eigenvalue weighted by Gasteiger charge is 2.23. The Balaban J connectivity index is 1.49. The minimum Gasteiger partial charge on any atom is -0.497 e. The Kier molecular flexibility index (Phi) is 7.93. The third kappa shape index (κ3) is 5.66. The van der Waals surface area contributed by atoms with Gasteiger partial charge in [0.25, 0.3) is 0 Å². The zero-order chi connectivity index (χ0) is 28.0. The van der Waals surface area contributed by atoms with Crippen LogP contribution in [0.2, 0.25) is 0 Å². The van der Waals surface area contributed by atoms with Crippen LogP contribution in [-0.2, 0) is 0 Å². The molecule has 1 heterocycles. The van der Waals surface area contributed by atoms with Gasteiger partial charge in [-0.2, -0.15) is 0 Å². The van der Waals surface area contributed by atoms with Crippen LogP contribution in [0.4, 0.5) is 0 Å². The molecule has 0 fully saturated rings. The maximum absolute atomic E-state index is 5.33. The van der Waals surface area contributed by atoms with Crippen LogP contribution in [0, 0.1) is 0 Å². The standard InChI is InChI=1S/C39H32OS/c1-3-29(27-28-19-25-35(40-2)26-20-28)30-21-23-34(24-22-30)39-37(32-15-9-5-10-16-32)36(31-13-7-4-8-14-31)38(41-39)33-17-11-6-12-18-33/h4-27H,3H2,1-2H3/b29-27+. The van der Waals surface area contributed by atoms with E-state index in [0.29, 0.717) is 0 Å². The second-order valence-corrected chi connectivity index (χ2v) is 11.0. The molecule has 0 aliphatic rings. The van der Waals surface area contributed by atoms with E-state index < -0.39 is 0 Å². The molecule has 1 aromatic heterocycles. The van der Waals surface area contributed by atoms with Crippen molar-refractivity contribution in [3.63, 3.8) is 0 Å². The van der Waals surface area contributed by atoms with Gasteiger partial charge in [0.1, 0.15) is 5.75 Å². The van der Waals surface area contributed by atoms with Gasteiger partial charge in [-0.25, -0.2) is 0 Å². The molecule has 0 atom stereocenters. The molecule has 0 saturated heterocycles. The Labute approximate surface area is 247 Å². The lowest BCUT2D eigenvalue weighted by Crippen LogP contribution is -1.87. The van der Waals surface area contributed by atoms with Crippen molar-refractivity contribution in [2.45, 2.75) is 13.3 Å². The average Bonchev–Trinajstić information content (AvgIpc) is 3.46. The molecule has 6 rings (SSSR count). The molecule has 0 aliphatic carbocycles. The van der Waals surface area contributed by atoms with E-state index in [0.717, 1.165) is 12.2 Å². The van der Waals surface area contributed by atoms with Crippen molar-refractivity contribution in [3.05, 3.63) is 151 Å². The van der Waals surface area contributed by atoms with E-state index in [4.69, 9.17) is 4.74 Å². The Bertz CT molecular complexity index is 1750. The van der Waals surface area contributed by atoms with Crippen molar-refractivity contribution in [2.75, 3.05) is 7.11 Å². The molecule has 41 heavy (non-hydrogen) atoms. The van der Waals surface area contributed by atoms with E-state index in [1.54, 1.807) is 7.11 Å². The first-order valence-corrected chi connectivity index (χ1v) is 14.8. The number of benzene rings is 5. The first-order chi connectivity index (χ1) is 20.2. The normalized spacial score (nSPS) is 11.4. The van der Waals surface area contributed by atoms with Crippen LogP contribution in [0.1, 0.15) is 24.5 Å². The summed E-state index contributed by atoms with van der Waals surface area (Å²) in [5, 5.41) is 0. The maximum atomic E-state index is 5.33. The van der Waals surface area contributed by atoms with Gasteiger partial charge in [-0.05, 0) is 57.5 Å². The van der Waals surface area contributed by atoms with Gasteiger partial charge >= 0.3 is 0 Å². The summed E-state index contributed by atoms with van der Waals surface area (Å²) in [7, 11) is 1.70. The zero-order valence-corrected chi connectivity index (χ0v) is 24.2. The van der Waals surface area contributed by atoms with Gasteiger partial charge in [-0.1, -0.05) is 140 Å². The van der Waals surface area contributed by atoms with Crippen molar-refractivity contribution in [1.29, 1.82) is 0 Å².